The minimum Gasteiger partial charge on any atom is -0.463 e. The Kier molecular flexibility index (Phi) is 5.89. The summed E-state index contributed by atoms with van der Waals surface area (Å²) in [4.78, 5) is 37.0. The van der Waals surface area contributed by atoms with E-state index in [0.29, 0.717) is 30.0 Å². The number of carbonyl (C=O) groups excluding carboxylic acids is 3. The second kappa shape index (κ2) is 7.85. The molecule has 0 spiro atoms. The van der Waals surface area contributed by atoms with Crippen LogP contribution in [-0.2, 0) is 23.9 Å². The number of rotatable bonds is 3. The first-order valence-electron chi connectivity index (χ1n) is 12.0. The van der Waals surface area contributed by atoms with Crippen molar-refractivity contribution in [2.24, 2.45) is 34.5 Å². The van der Waals surface area contributed by atoms with Gasteiger partial charge < -0.3 is 9.47 Å². The summed E-state index contributed by atoms with van der Waals surface area (Å²) in [6.45, 7) is 9.52. The number of halogens is 1. The molecule has 0 aromatic rings. The van der Waals surface area contributed by atoms with Gasteiger partial charge in [0.1, 0.15) is 12.2 Å². The Morgan fingerprint density at radius 3 is 2.35 bits per heavy atom. The third kappa shape index (κ3) is 3.41. The van der Waals surface area contributed by atoms with Crippen molar-refractivity contribution in [1.29, 1.82) is 0 Å². The van der Waals surface area contributed by atoms with Crippen molar-refractivity contribution in [3.05, 3.63) is 0 Å². The molecule has 0 aromatic heterocycles. The van der Waals surface area contributed by atoms with E-state index in [1.165, 1.54) is 13.8 Å². The molecule has 0 unspecified atom stereocenters. The van der Waals surface area contributed by atoms with Crippen LogP contribution in [0.3, 0.4) is 0 Å². The number of Topliss-reactive ketones (excluding diaryl/α,β-unsaturated/α-hetero) is 1. The van der Waals surface area contributed by atoms with Crippen LogP contribution in [0.25, 0.3) is 0 Å². The zero-order valence-corrected chi connectivity index (χ0v) is 21.1. The minimum absolute atomic E-state index is 0.0207. The molecule has 0 amide bonds. The Hall–Kier alpha value is -0.910. The molecule has 4 rings (SSSR count). The van der Waals surface area contributed by atoms with Gasteiger partial charge in [-0.15, -0.1) is 0 Å². The summed E-state index contributed by atoms with van der Waals surface area (Å²) in [5, 5.41) is 0. The van der Waals surface area contributed by atoms with Gasteiger partial charge in [0, 0.05) is 26.2 Å². The zero-order valence-electron chi connectivity index (χ0n) is 19.5. The van der Waals surface area contributed by atoms with Gasteiger partial charge in [-0.3, -0.25) is 14.4 Å². The lowest BCUT2D eigenvalue weighted by Gasteiger charge is -2.64. The maximum atomic E-state index is 14.0. The predicted octanol–water partition coefficient (Wildman–Crippen LogP) is 5.23. The molecule has 0 radical (unpaired) electrons. The Morgan fingerprint density at radius 2 is 1.71 bits per heavy atom. The molecule has 0 bridgehead atoms. The van der Waals surface area contributed by atoms with Crippen LogP contribution in [0.4, 0.5) is 0 Å². The van der Waals surface area contributed by atoms with Crippen molar-refractivity contribution >= 4 is 33.7 Å². The third-order valence-corrected chi connectivity index (χ3v) is 11.7. The van der Waals surface area contributed by atoms with Crippen LogP contribution in [0, 0.1) is 34.5 Å². The Balaban J connectivity index is 1.62. The number of esters is 2. The van der Waals surface area contributed by atoms with Crippen molar-refractivity contribution < 1.29 is 23.9 Å². The smallest absolute Gasteiger partial charge is 0.302 e. The quantitative estimate of drug-likeness (QED) is 0.395. The lowest BCUT2D eigenvalue weighted by molar-refractivity contribution is -0.165. The highest BCUT2D eigenvalue weighted by Gasteiger charge is 2.70. The SMILES string of the molecule is CC(=O)O[C@@H]1CC[C@]2(C)[C@@H](CC[C@@H]3[C@@H]4CC[C@H]([C@H](C)OC(C)=O)[C@@]4(C)CC(=O)[C@@]32Br)C1. The highest BCUT2D eigenvalue weighted by Crippen LogP contribution is 2.71. The first kappa shape index (κ1) is 23.3. The standard InChI is InChI=1S/C25H37BrO5/c1-14(30-15(2)27)19-8-9-20-21-7-6-17-12-18(31-16(3)28)10-11-24(17,5)25(21,26)22(29)13-23(19,20)4/h14,17-21H,6-13H2,1-5H3/t14-,17-,18+,19+,20-,21+,23+,24+,25-/m0/s1. The molecule has 31 heavy (non-hydrogen) atoms. The highest BCUT2D eigenvalue weighted by molar-refractivity contribution is 9.10. The maximum absolute atomic E-state index is 14.0. The molecule has 6 heteroatoms. The molecular weight excluding hydrogens is 460 g/mol. The van der Waals surface area contributed by atoms with E-state index in [1.54, 1.807) is 0 Å². The fraction of sp³-hybridized carbons (Fsp3) is 0.880. The maximum Gasteiger partial charge on any atom is 0.302 e. The van der Waals surface area contributed by atoms with Gasteiger partial charge >= 0.3 is 11.9 Å². The zero-order chi connectivity index (χ0) is 22.8. The fourth-order valence-electron chi connectivity index (χ4n) is 8.43. The average Bonchev–Trinajstić information content (AvgIpc) is 2.99. The lowest BCUT2D eigenvalue weighted by Crippen LogP contribution is -2.67. The van der Waals surface area contributed by atoms with Crippen LogP contribution in [0.5, 0.6) is 0 Å². The summed E-state index contributed by atoms with van der Waals surface area (Å²) < 4.78 is 10.6. The number of alkyl halides is 1. The van der Waals surface area contributed by atoms with Gasteiger partial charge in [-0.2, -0.15) is 0 Å². The van der Waals surface area contributed by atoms with Gasteiger partial charge in [0.15, 0.2) is 5.78 Å². The van der Waals surface area contributed by atoms with Gasteiger partial charge in [0.05, 0.1) is 4.32 Å². The van der Waals surface area contributed by atoms with Crippen LogP contribution in [0.1, 0.15) is 86.0 Å². The van der Waals surface area contributed by atoms with E-state index in [9.17, 15) is 14.4 Å². The van der Waals surface area contributed by atoms with Gasteiger partial charge in [0.2, 0.25) is 0 Å². The number of fused-ring (bicyclic) bond motifs is 5. The Morgan fingerprint density at radius 1 is 1.03 bits per heavy atom. The molecule has 4 saturated carbocycles. The van der Waals surface area contributed by atoms with Gasteiger partial charge in [-0.05, 0) is 80.5 Å². The summed E-state index contributed by atoms with van der Waals surface area (Å²) >= 11 is 4.12. The molecule has 9 atom stereocenters. The van der Waals surface area contributed by atoms with E-state index in [2.05, 4.69) is 29.8 Å². The topological polar surface area (TPSA) is 69.7 Å². The Bertz CT molecular complexity index is 782. The normalized spacial score (nSPS) is 47.5. The number of carbonyl (C=O) groups is 3. The molecule has 5 nitrogen and oxygen atoms in total. The lowest BCUT2D eigenvalue weighted by atomic mass is 9.44. The molecule has 0 aromatic carbocycles. The van der Waals surface area contributed by atoms with Gasteiger partial charge in [0.25, 0.3) is 0 Å². The van der Waals surface area contributed by atoms with Crippen molar-refractivity contribution in [2.75, 3.05) is 0 Å². The molecule has 4 aliphatic rings. The average molecular weight is 497 g/mol. The van der Waals surface area contributed by atoms with Gasteiger partial charge in [-0.25, -0.2) is 0 Å². The summed E-state index contributed by atoms with van der Waals surface area (Å²) in [5.41, 5.74) is -0.239. The van der Waals surface area contributed by atoms with Crippen LogP contribution in [0.15, 0.2) is 0 Å². The minimum atomic E-state index is -0.506. The molecular formula is C25H37BrO5. The second-order valence-corrected chi connectivity index (χ2v) is 12.5. The monoisotopic (exact) mass is 496 g/mol. The third-order valence-electron chi connectivity index (χ3n) is 9.77. The molecule has 0 saturated heterocycles. The van der Waals surface area contributed by atoms with Crippen LogP contribution >= 0.6 is 15.9 Å². The molecule has 4 aliphatic carbocycles. The number of ether oxygens (including phenoxy) is 2. The van der Waals surface area contributed by atoms with E-state index in [-0.39, 0.29) is 40.9 Å². The van der Waals surface area contributed by atoms with Crippen molar-refractivity contribution in [3.8, 4) is 0 Å². The number of ketones is 1. The fourth-order valence-corrected chi connectivity index (χ4v) is 9.64. The predicted molar refractivity (Wildman–Crippen MR) is 121 cm³/mol. The van der Waals surface area contributed by atoms with Crippen LogP contribution < -0.4 is 0 Å². The van der Waals surface area contributed by atoms with Crippen LogP contribution in [-0.4, -0.2) is 34.3 Å². The van der Waals surface area contributed by atoms with E-state index >= 15 is 0 Å². The largest absolute Gasteiger partial charge is 0.463 e. The molecule has 174 valence electrons. The van der Waals surface area contributed by atoms with Crippen molar-refractivity contribution in [1.82, 2.24) is 0 Å². The molecule has 0 N–H and O–H groups in total. The number of hydrogen-bond acceptors (Lipinski definition) is 5. The molecule has 0 heterocycles. The van der Waals surface area contributed by atoms with E-state index < -0.39 is 4.32 Å². The van der Waals surface area contributed by atoms with Gasteiger partial charge in [-0.1, -0.05) is 29.8 Å². The summed E-state index contributed by atoms with van der Waals surface area (Å²) in [7, 11) is 0. The Labute approximate surface area is 194 Å². The van der Waals surface area contributed by atoms with Crippen molar-refractivity contribution in [2.45, 2.75) is 103 Å². The highest BCUT2D eigenvalue weighted by atomic mass is 79.9. The first-order valence-corrected chi connectivity index (χ1v) is 12.8. The van der Waals surface area contributed by atoms with Crippen molar-refractivity contribution in [3.63, 3.8) is 0 Å². The molecule has 0 aliphatic heterocycles. The van der Waals surface area contributed by atoms with E-state index in [0.717, 1.165) is 44.9 Å². The second-order valence-electron chi connectivity index (χ2n) is 11.2. The van der Waals surface area contributed by atoms with E-state index in [1.807, 2.05) is 6.92 Å². The first-order chi connectivity index (χ1) is 14.4. The summed E-state index contributed by atoms with van der Waals surface area (Å²) in [5.74, 6) is 1.25. The van der Waals surface area contributed by atoms with E-state index in [4.69, 9.17) is 9.47 Å². The summed E-state index contributed by atoms with van der Waals surface area (Å²) in [6.07, 6.45) is 7.17. The van der Waals surface area contributed by atoms with Crippen LogP contribution in [0.2, 0.25) is 0 Å². The molecule has 4 fully saturated rings. The summed E-state index contributed by atoms with van der Waals surface area (Å²) in [6, 6.07) is 0. The number of hydrogen-bond donors (Lipinski definition) is 0.